The maximum absolute atomic E-state index is 12.5. The highest BCUT2D eigenvalue weighted by molar-refractivity contribution is 9.10. The zero-order valence-corrected chi connectivity index (χ0v) is 10.0. The topological polar surface area (TPSA) is 50.2 Å². The number of halogens is 6. The molecule has 1 heterocycles. The molecule has 0 fully saturated rings. The Kier molecular flexibility index (Phi) is 4.25. The Morgan fingerprint density at radius 1 is 1.44 bits per heavy atom. The summed E-state index contributed by atoms with van der Waals surface area (Å²) >= 11 is 2.63. The van der Waals surface area contributed by atoms with E-state index >= 15 is 0 Å². The third-order valence-electron chi connectivity index (χ3n) is 1.92. The molecular formula is C9H5BrF5NO2. The molecule has 0 aromatic carbocycles. The minimum Gasteiger partial charge on any atom is -0.481 e. The van der Waals surface area contributed by atoms with Gasteiger partial charge in [0.1, 0.15) is 4.60 Å². The summed E-state index contributed by atoms with van der Waals surface area (Å²) in [5.41, 5.74) is -3.30. The third kappa shape index (κ3) is 3.37. The number of carboxylic acid groups (broad SMARTS) is 1. The van der Waals surface area contributed by atoms with Crippen LogP contribution in [0.25, 0.3) is 0 Å². The number of hydrogen-bond donors (Lipinski definition) is 1. The molecule has 0 radical (unpaired) electrons. The van der Waals surface area contributed by atoms with Crippen LogP contribution in [0.2, 0.25) is 0 Å². The van der Waals surface area contributed by atoms with Gasteiger partial charge in [-0.05, 0) is 27.6 Å². The molecule has 0 amide bonds. The molecule has 9 heteroatoms. The smallest absolute Gasteiger partial charge is 0.433 e. The van der Waals surface area contributed by atoms with Crippen molar-refractivity contribution in [3.05, 3.63) is 27.5 Å². The van der Waals surface area contributed by atoms with Crippen LogP contribution >= 0.6 is 15.9 Å². The van der Waals surface area contributed by atoms with Gasteiger partial charge in [-0.1, -0.05) is 0 Å². The fourth-order valence-electron chi connectivity index (χ4n) is 1.23. The second-order valence-electron chi connectivity index (χ2n) is 3.25. The van der Waals surface area contributed by atoms with E-state index in [1.807, 2.05) is 0 Å². The second kappa shape index (κ2) is 5.17. The molecule has 1 aromatic heterocycles. The molecule has 0 saturated heterocycles. The third-order valence-corrected chi connectivity index (χ3v) is 2.61. The standard InChI is InChI=1S/C9H5BrF5NO2/c10-7-3(2-5(17)18)1-4(8(11)12)6(16-7)9(13,14)15/h1,8H,2H2,(H,17,18). The number of aliphatic carboxylic acids is 1. The quantitative estimate of drug-likeness (QED) is 0.681. The number of pyridine rings is 1. The van der Waals surface area contributed by atoms with E-state index in [-0.39, 0.29) is 5.56 Å². The summed E-state index contributed by atoms with van der Waals surface area (Å²) in [5.74, 6) is -1.36. The van der Waals surface area contributed by atoms with Crippen molar-refractivity contribution in [2.75, 3.05) is 0 Å². The largest absolute Gasteiger partial charge is 0.481 e. The minimum absolute atomic E-state index is 0.245. The van der Waals surface area contributed by atoms with E-state index < -0.39 is 40.9 Å². The van der Waals surface area contributed by atoms with Crippen molar-refractivity contribution >= 4 is 21.9 Å². The molecule has 0 atom stereocenters. The van der Waals surface area contributed by atoms with Gasteiger partial charge in [0.2, 0.25) is 0 Å². The molecular weight excluding hydrogens is 329 g/mol. The van der Waals surface area contributed by atoms with Crippen LogP contribution in [0.15, 0.2) is 10.7 Å². The first-order valence-electron chi connectivity index (χ1n) is 4.39. The molecule has 100 valence electrons. The first kappa shape index (κ1) is 14.8. The molecule has 0 aliphatic heterocycles. The van der Waals surface area contributed by atoms with E-state index in [1.54, 1.807) is 0 Å². The van der Waals surface area contributed by atoms with Crippen molar-refractivity contribution in [1.82, 2.24) is 4.98 Å². The van der Waals surface area contributed by atoms with Gasteiger partial charge in [0, 0.05) is 5.56 Å². The van der Waals surface area contributed by atoms with Crippen LogP contribution in [0.5, 0.6) is 0 Å². The van der Waals surface area contributed by atoms with Crippen LogP contribution in [0, 0.1) is 0 Å². The van der Waals surface area contributed by atoms with Crippen LogP contribution in [-0.2, 0) is 17.4 Å². The van der Waals surface area contributed by atoms with E-state index in [2.05, 4.69) is 20.9 Å². The Morgan fingerprint density at radius 3 is 2.39 bits per heavy atom. The number of carbonyl (C=O) groups is 1. The molecule has 0 saturated carbocycles. The molecule has 3 nitrogen and oxygen atoms in total. The SMILES string of the molecule is O=C(O)Cc1cc(C(F)F)c(C(F)(F)F)nc1Br. The number of rotatable bonds is 3. The lowest BCUT2D eigenvalue weighted by Crippen LogP contribution is -2.14. The molecule has 18 heavy (non-hydrogen) atoms. The lowest BCUT2D eigenvalue weighted by atomic mass is 10.1. The maximum Gasteiger partial charge on any atom is 0.433 e. The van der Waals surface area contributed by atoms with E-state index in [9.17, 15) is 26.7 Å². The van der Waals surface area contributed by atoms with Crippen molar-refractivity contribution in [3.63, 3.8) is 0 Å². The highest BCUT2D eigenvalue weighted by atomic mass is 79.9. The van der Waals surface area contributed by atoms with Gasteiger partial charge in [0.25, 0.3) is 6.43 Å². The van der Waals surface area contributed by atoms with Crippen molar-refractivity contribution in [2.45, 2.75) is 19.0 Å². The van der Waals surface area contributed by atoms with E-state index in [0.29, 0.717) is 6.07 Å². The minimum atomic E-state index is -5.03. The van der Waals surface area contributed by atoms with Gasteiger partial charge < -0.3 is 5.11 Å². The summed E-state index contributed by atoms with van der Waals surface area (Å²) in [5, 5.41) is 8.49. The normalized spacial score (nSPS) is 11.9. The number of aromatic nitrogens is 1. The van der Waals surface area contributed by atoms with Gasteiger partial charge >= 0.3 is 12.1 Å². The Labute approximate surface area is 106 Å². The average Bonchev–Trinajstić information content (AvgIpc) is 2.17. The van der Waals surface area contributed by atoms with Crippen LogP contribution < -0.4 is 0 Å². The average molecular weight is 334 g/mol. The predicted octanol–water partition coefficient (Wildman–Crippen LogP) is 3.43. The lowest BCUT2D eigenvalue weighted by molar-refractivity contribution is -0.143. The molecule has 0 aliphatic carbocycles. The Morgan fingerprint density at radius 2 is 2.00 bits per heavy atom. The summed E-state index contributed by atoms with van der Waals surface area (Å²) in [6, 6.07) is 0.499. The van der Waals surface area contributed by atoms with Crippen molar-refractivity contribution in [3.8, 4) is 0 Å². The summed E-state index contributed by atoms with van der Waals surface area (Å²) in [6.07, 6.45) is -9.13. The van der Waals surface area contributed by atoms with Gasteiger partial charge in [-0.3, -0.25) is 4.79 Å². The second-order valence-corrected chi connectivity index (χ2v) is 4.00. The Bertz CT molecular complexity index is 475. The Balaban J connectivity index is 3.39. The predicted molar refractivity (Wildman–Crippen MR) is 53.2 cm³/mol. The first-order valence-corrected chi connectivity index (χ1v) is 5.18. The van der Waals surface area contributed by atoms with Gasteiger partial charge in [-0.2, -0.15) is 13.2 Å². The van der Waals surface area contributed by atoms with Crippen molar-refractivity contribution in [2.24, 2.45) is 0 Å². The van der Waals surface area contributed by atoms with Gasteiger partial charge in [-0.25, -0.2) is 13.8 Å². The van der Waals surface area contributed by atoms with E-state index in [0.717, 1.165) is 0 Å². The van der Waals surface area contributed by atoms with Crippen LogP contribution in [0.1, 0.15) is 23.2 Å². The summed E-state index contributed by atoms with van der Waals surface area (Å²) < 4.78 is 61.9. The van der Waals surface area contributed by atoms with Crippen LogP contribution in [-0.4, -0.2) is 16.1 Å². The van der Waals surface area contributed by atoms with Crippen molar-refractivity contribution in [1.29, 1.82) is 0 Å². The molecule has 1 N–H and O–H groups in total. The Hall–Kier alpha value is -1.25. The monoisotopic (exact) mass is 333 g/mol. The zero-order chi connectivity index (χ0) is 14.1. The molecule has 1 rings (SSSR count). The highest BCUT2D eigenvalue weighted by Gasteiger charge is 2.38. The number of nitrogens with zero attached hydrogens (tertiary/aromatic N) is 1. The zero-order valence-electron chi connectivity index (χ0n) is 8.43. The summed E-state index contributed by atoms with van der Waals surface area (Å²) in [7, 11) is 0. The molecule has 0 unspecified atom stereocenters. The number of carboxylic acids is 1. The number of hydrogen-bond acceptors (Lipinski definition) is 2. The number of alkyl halides is 5. The van der Waals surface area contributed by atoms with Crippen LogP contribution in [0.4, 0.5) is 22.0 Å². The molecule has 0 aliphatic rings. The van der Waals surface area contributed by atoms with Gasteiger partial charge in [0.15, 0.2) is 5.69 Å². The van der Waals surface area contributed by atoms with Gasteiger partial charge in [-0.15, -0.1) is 0 Å². The fourth-order valence-corrected chi connectivity index (χ4v) is 1.66. The van der Waals surface area contributed by atoms with Crippen molar-refractivity contribution < 1.29 is 31.9 Å². The summed E-state index contributed by atoms with van der Waals surface area (Å²) in [4.78, 5) is 13.4. The van der Waals surface area contributed by atoms with Gasteiger partial charge in [0.05, 0.1) is 6.42 Å². The molecule has 0 bridgehead atoms. The first-order chi connectivity index (χ1) is 8.12. The fraction of sp³-hybridized carbons (Fsp3) is 0.333. The molecule has 1 aromatic rings. The van der Waals surface area contributed by atoms with E-state index in [1.165, 1.54) is 0 Å². The highest BCUT2D eigenvalue weighted by Crippen LogP contribution is 2.37. The van der Waals surface area contributed by atoms with E-state index in [4.69, 9.17) is 5.11 Å². The lowest BCUT2D eigenvalue weighted by Gasteiger charge is -2.13. The van der Waals surface area contributed by atoms with Crippen LogP contribution in [0.3, 0.4) is 0 Å². The summed E-state index contributed by atoms with van der Waals surface area (Å²) in [6.45, 7) is 0. The maximum atomic E-state index is 12.5. The molecule has 0 spiro atoms.